The molecule has 1 aromatic carbocycles. The van der Waals surface area contributed by atoms with Crippen LogP contribution in [-0.2, 0) is 19.1 Å². The van der Waals surface area contributed by atoms with Gasteiger partial charge in [0.1, 0.15) is 11.6 Å². The molecular formula is C30H41BrN4O4. The predicted molar refractivity (Wildman–Crippen MR) is 154 cm³/mol. The van der Waals surface area contributed by atoms with Crippen molar-refractivity contribution in [2.45, 2.75) is 82.6 Å². The lowest BCUT2D eigenvalue weighted by molar-refractivity contribution is -0.141. The fraction of sp³-hybridized carbons (Fsp3) is 0.633. The zero-order valence-corrected chi connectivity index (χ0v) is 24.6. The molecule has 0 aromatic heterocycles. The van der Waals surface area contributed by atoms with E-state index < -0.39 is 29.6 Å². The van der Waals surface area contributed by atoms with Gasteiger partial charge in [-0.15, -0.1) is 0 Å². The van der Waals surface area contributed by atoms with Gasteiger partial charge in [0.2, 0.25) is 17.7 Å². The number of likely N-dealkylation sites (tertiary alicyclic amines) is 1. The Bertz CT molecular complexity index is 1080. The third-order valence-corrected chi connectivity index (χ3v) is 9.25. The molecule has 5 rings (SSSR count). The highest BCUT2D eigenvalue weighted by Gasteiger charge is 2.72. The summed E-state index contributed by atoms with van der Waals surface area (Å²) in [5, 5.41) is 6.24. The molecule has 2 bridgehead atoms. The first-order valence-electron chi connectivity index (χ1n) is 14.6. The van der Waals surface area contributed by atoms with E-state index in [4.69, 9.17) is 4.74 Å². The zero-order chi connectivity index (χ0) is 27.6. The second-order valence-corrected chi connectivity index (χ2v) is 12.3. The summed E-state index contributed by atoms with van der Waals surface area (Å²) in [6.45, 7) is 7.31. The van der Waals surface area contributed by atoms with Crippen molar-refractivity contribution >= 4 is 39.3 Å². The summed E-state index contributed by atoms with van der Waals surface area (Å²) in [7, 11) is 0. The minimum atomic E-state index is -1.12. The van der Waals surface area contributed by atoms with E-state index >= 15 is 0 Å². The average Bonchev–Trinajstić information content (AvgIpc) is 3.56. The van der Waals surface area contributed by atoms with Gasteiger partial charge in [-0.3, -0.25) is 14.4 Å². The van der Waals surface area contributed by atoms with Gasteiger partial charge >= 0.3 is 0 Å². The summed E-state index contributed by atoms with van der Waals surface area (Å²) < 4.78 is 7.40. The minimum Gasteiger partial charge on any atom is -0.359 e. The average molecular weight is 602 g/mol. The number of rotatable bonds is 11. The first kappa shape index (κ1) is 28.3. The molecule has 1 aromatic rings. The number of nitrogens with zero attached hydrogens (tertiary/aromatic N) is 2. The van der Waals surface area contributed by atoms with E-state index in [1.165, 1.54) is 6.42 Å². The van der Waals surface area contributed by atoms with Gasteiger partial charge in [-0.25, -0.2) is 0 Å². The quantitative estimate of drug-likeness (QED) is 0.373. The van der Waals surface area contributed by atoms with Crippen LogP contribution in [0.15, 0.2) is 40.9 Å². The second-order valence-electron chi connectivity index (χ2n) is 11.4. The summed E-state index contributed by atoms with van der Waals surface area (Å²) in [5.41, 5.74) is -0.463. The van der Waals surface area contributed by atoms with E-state index in [0.717, 1.165) is 56.1 Å². The van der Waals surface area contributed by atoms with Crippen molar-refractivity contribution in [3.63, 3.8) is 0 Å². The minimum absolute atomic E-state index is 0.120. The molecular weight excluding hydrogens is 560 g/mol. The van der Waals surface area contributed by atoms with E-state index in [1.807, 2.05) is 36.4 Å². The highest BCUT2D eigenvalue weighted by Crippen LogP contribution is 2.55. The van der Waals surface area contributed by atoms with Crippen LogP contribution in [0.1, 0.15) is 58.8 Å². The Morgan fingerprint density at radius 3 is 2.41 bits per heavy atom. The Hall–Kier alpha value is -2.23. The van der Waals surface area contributed by atoms with Crippen molar-refractivity contribution in [2.75, 3.05) is 31.5 Å². The number of carbonyl (C=O) groups is 3. The Morgan fingerprint density at radius 1 is 1.05 bits per heavy atom. The molecule has 4 aliphatic rings. The number of carbonyl (C=O) groups excluding carboxylic acids is 3. The summed E-state index contributed by atoms with van der Waals surface area (Å²) in [4.78, 5) is 45.8. The van der Waals surface area contributed by atoms with Crippen LogP contribution < -0.4 is 10.6 Å². The number of amides is 3. The number of nitrogens with one attached hydrogen (secondary N) is 2. The van der Waals surface area contributed by atoms with Crippen LogP contribution in [0.2, 0.25) is 0 Å². The van der Waals surface area contributed by atoms with Crippen molar-refractivity contribution in [3.8, 4) is 0 Å². The molecule has 8 nitrogen and oxygen atoms in total. The lowest BCUT2D eigenvalue weighted by atomic mass is 9.74. The number of benzene rings is 1. The van der Waals surface area contributed by atoms with E-state index in [-0.39, 0.29) is 23.8 Å². The number of anilines is 1. The maximum Gasteiger partial charge on any atom is 0.246 e. The second kappa shape index (κ2) is 12.1. The fourth-order valence-corrected chi connectivity index (χ4v) is 7.28. The van der Waals surface area contributed by atoms with Crippen molar-refractivity contribution in [3.05, 3.63) is 40.9 Å². The maximum absolute atomic E-state index is 14.1. The third kappa shape index (κ3) is 5.55. The number of halogens is 1. The summed E-state index contributed by atoms with van der Waals surface area (Å²) in [6, 6.07) is 6.70. The lowest BCUT2D eigenvalue weighted by Crippen LogP contribution is -2.57. The smallest absolute Gasteiger partial charge is 0.246 e. The van der Waals surface area contributed by atoms with Gasteiger partial charge in [0.15, 0.2) is 0 Å². The molecule has 2 N–H and O–H groups in total. The molecule has 5 atom stereocenters. The Labute approximate surface area is 240 Å². The molecule has 0 radical (unpaired) electrons. The lowest BCUT2D eigenvalue weighted by Gasteiger charge is -2.35. The van der Waals surface area contributed by atoms with Gasteiger partial charge in [-0.05, 0) is 63.0 Å². The Morgan fingerprint density at radius 2 is 1.74 bits per heavy atom. The van der Waals surface area contributed by atoms with Gasteiger partial charge in [0.05, 0.1) is 17.9 Å². The van der Waals surface area contributed by atoms with Gasteiger partial charge in [-0.2, -0.15) is 0 Å². The standard InChI is InChI=1S/C30H41BrN4O4/c1-3-16-34(17-4-2)18-19-35-26(28(37)33-21-8-6-5-7-9-21)30-15-14-23(39-30)24(25(30)29(35)38)27(36)32-22-12-10-20(31)11-13-22/h10-15,21,23-26H,3-9,16-19H2,1-2H3,(H,32,36)(H,33,37)/t23-,24-,25-,26-,30-/m0/s1. The molecule has 212 valence electrons. The molecule has 2 saturated heterocycles. The molecule has 3 fully saturated rings. The van der Waals surface area contributed by atoms with Gasteiger partial charge in [-0.1, -0.05) is 61.2 Å². The topological polar surface area (TPSA) is 91.0 Å². The molecule has 3 heterocycles. The van der Waals surface area contributed by atoms with Crippen LogP contribution >= 0.6 is 15.9 Å². The Kier molecular flexibility index (Phi) is 8.79. The molecule has 0 unspecified atom stereocenters. The zero-order valence-electron chi connectivity index (χ0n) is 23.0. The first-order chi connectivity index (χ1) is 18.9. The normalized spacial score (nSPS) is 29.7. The van der Waals surface area contributed by atoms with E-state index in [1.54, 1.807) is 4.90 Å². The van der Waals surface area contributed by atoms with Gasteiger partial charge < -0.3 is 25.2 Å². The van der Waals surface area contributed by atoms with Crippen LogP contribution in [0, 0.1) is 11.8 Å². The summed E-state index contributed by atoms with van der Waals surface area (Å²) in [6.07, 6.45) is 10.6. The van der Waals surface area contributed by atoms with Crippen molar-refractivity contribution < 1.29 is 19.1 Å². The molecule has 39 heavy (non-hydrogen) atoms. The fourth-order valence-electron chi connectivity index (χ4n) is 7.01. The van der Waals surface area contributed by atoms with Gasteiger partial charge in [0.25, 0.3) is 0 Å². The van der Waals surface area contributed by atoms with Gasteiger partial charge in [0, 0.05) is 29.3 Å². The number of hydrogen-bond donors (Lipinski definition) is 2. The first-order valence-corrected chi connectivity index (χ1v) is 15.4. The molecule has 1 aliphatic carbocycles. The van der Waals surface area contributed by atoms with E-state index in [0.29, 0.717) is 18.8 Å². The molecule has 3 amide bonds. The largest absolute Gasteiger partial charge is 0.359 e. The highest BCUT2D eigenvalue weighted by atomic mass is 79.9. The van der Waals surface area contributed by atoms with Crippen molar-refractivity contribution in [1.29, 1.82) is 0 Å². The number of fused-ring (bicyclic) bond motifs is 1. The monoisotopic (exact) mass is 600 g/mol. The molecule has 9 heteroatoms. The third-order valence-electron chi connectivity index (χ3n) is 8.73. The van der Waals surface area contributed by atoms with Crippen LogP contribution in [0.4, 0.5) is 5.69 Å². The van der Waals surface area contributed by atoms with Crippen LogP contribution in [0.3, 0.4) is 0 Å². The number of ether oxygens (including phenoxy) is 1. The SMILES string of the molecule is CCCN(CCC)CCN1C(=O)[C@@H]2[C@@H](C(=O)Nc3ccc(Br)cc3)[C@@H]3C=C[C@@]2(O3)[C@@H]1C(=O)NC1CCCCC1. The summed E-state index contributed by atoms with van der Waals surface area (Å²) in [5.74, 6) is -1.98. The summed E-state index contributed by atoms with van der Waals surface area (Å²) >= 11 is 3.42. The van der Waals surface area contributed by atoms with E-state index in [2.05, 4.69) is 45.3 Å². The number of hydrogen-bond acceptors (Lipinski definition) is 5. The van der Waals surface area contributed by atoms with Crippen molar-refractivity contribution in [2.24, 2.45) is 11.8 Å². The van der Waals surface area contributed by atoms with Crippen LogP contribution in [0.25, 0.3) is 0 Å². The maximum atomic E-state index is 14.1. The van der Waals surface area contributed by atoms with Crippen molar-refractivity contribution in [1.82, 2.24) is 15.1 Å². The van der Waals surface area contributed by atoms with E-state index in [9.17, 15) is 14.4 Å². The van der Waals surface area contributed by atoms with Crippen LogP contribution in [-0.4, -0.2) is 77.5 Å². The molecule has 3 aliphatic heterocycles. The van der Waals surface area contributed by atoms with Crippen LogP contribution in [0.5, 0.6) is 0 Å². The Balaban J connectivity index is 1.41. The molecule has 1 spiro atoms. The molecule has 1 saturated carbocycles. The highest BCUT2D eigenvalue weighted by molar-refractivity contribution is 9.10. The predicted octanol–water partition coefficient (Wildman–Crippen LogP) is 4.11.